The Hall–Kier alpha value is -0.650. The molecule has 1 aromatic carbocycles. The number of halogens is 3. The summed E-state index contributed by atoms with van der Waals surface area (Å²) >= 11 is 9.07. The number of methoxy groups -OCH3 is 1. The van der Waals surface area contributed by atoms with Gasteiger partial charge in [-0.1, -0.05) is 33.6 Å². The number of benzene rings is 1. The summed E-state index contributed by atoms with van der Waals surface area (Å²) in [5.41, 5.74) is 0.175. The van der Waals surface area contributed by atoms with Gasteiger partial charge in [-0.05, 0) is 12.1 Å². The average Bonchev–Trinajstić information content (AvgIpc) is 2.37. The molecular weight excluding hydrogens is 324 g/mol. The van der Waals surface area contributed by atoms with Crippen LogP contribution >= 0.6 is 27.5 Å². The van der Waals surface area contributed by atoms with E-state index in [0.717, 1.165) is 0 Å². The van der Waals surface area contributed by atoms with Gasteiger partial charge in [0.25, 0.3) is 5.91 Å². The maximum atomic E-state index is 13.3. The second-order valence-corrected chi connectivity index (χ2v) is 4.75. The molecule has 0 atom stereocenters. The third kappa shape index (κ3) is 3.93. The van der Waals surface area contributed by atoms with Crippen LogP contribution in [0, 0.1) is 5.82 Å². The maximum absolute atomic E-state index is 13.3. The fraction of sp³-hybridized carbons (Fsp3) is 0.417. The maximum Gasteiger partial charge on any atom is 0.255 e. The van der Waals surface area contributed by atoms with Crippen molar-refractivity contribution in [3.8, 4) is 0 Å². The molecule has 0 N–H and O–H groups in total. The van der Waals surface area contributed by atoms with E-state index in [4.69, 9.17) is 16.3 Å². The highest BCUT2D eigenvalue weighted by Gasteiger charge is 2.19. The lowest BCUT2D eigenvalue weighted by Gasteiger charge is -2.22. The molecule has 1 rings (SSSR count). The van der Waals surface area contributed by atoms with Gasteiger partial charge in [0.05, 0.1) is 17.2 Å². The van der Waals surface area contributed by atoms with Crippen LogP contribution in [0.2, 0.25) is 5.02 Å². The van der Waals surface area contributed by atoms with E-state index < -0.39 is 5.82 Å². The van der Waals surface area contributed by atoms with E-state index >= 15 is 0 Å². The molecule has 6 heteroatoms. The molecule has 0 radical (unpaired) electrons. The lowest BCUT2D eigenvalue weighted by atomic mass is 10.2. The highest BCUT2D eigenvalue weighted by molar-refractivity contribution is 9.09. The van der Waals surface area contributed by atoms with E-state index in [1.165, 1.54) is 18.2 Å². The Morgan fingerprint density at radius 1 is 1.50 bits per heavy atom. The van der Waals surface area contributed by atoms with Crippen molar-refractivity contribution in [3.63, 3.8) is 0 Å². The van der Waals surface area contributed by atoms with Gasteiger partial charge in [0.15, 0.2) is 0 Å². The van der Waals surface area contributed by atoms with Crippen LogP contribution in [-0.4, -0.2) is 42.9 Å². The predicted octanol–water partition coefficient (Wildman–Crippen LogP) is 2.96. The van der Waals surface area contributed by atoms with Gasteiger partial charge >= 0.3 is 0 Å². The van der Waals surface area contributed by atoms with Crippen LogP contribution in [0.25, 0.3) is 0 Å². The van der Waals surface area contributed by atoms with Crippen molar-refractivity contribution < 1.29 is 13.9 Å². The van der Waals surface area contributed by atoms with E-state index in [2.05, 4.69) is 15.9 Å². The molecule has 0 unspecified atom stereocenters. The molecule has 0 saturated heterocycles. The van der Waals surface area contributed by atoms with Crippen molar-refractivity contribution in [1.82, 2.24) is 4.90 Å². The molecule has 1 aromatic rings. The molecule has 0 spiro atoms. The summed E-state index contributed by atoms with van der Waals surface area (Å²) in [5, 5.41) is 0.495. The Balaban J connectivity index is 2.90. The van der Waals surface area contributed by atoms with E-state index in [9.17, 15) is 9.18 Å². The van der Waals surface area contributed by atoms with Gasteiger partial charge < -0.3 is 9.64 Å². The quantitative estimate of drug-likeness (QED) is 0.746. The Kier molecular flexibility index (Phi) is 6.60. The molecule has 0 aliphatic heterocycles. The lowest BCUT2D eigenvalue weighted by molar-refractivity contribution is 0.0708. The Morgan fingerprint density at radius 2 is 2.22 bits per heavy atom. The van der Waals surface area contributed by atoms with Crippen LogP contribution in [0.4, 0.5) is 4.39 Å². The first-order chi connectivity index (χ1) is 8.61. The predicted molar refractivity (Wildman–Crippen MR) is 73.0 cm³/mol. The van der Waals surface area contributed by atoms with Crippen molar-refractivity contribution in [2.24, 2.45) is 0 Å². The van der Waals surface area contributed by atoms with Crippen LogP contribution in [0.3, 0.4) is 0 Å². The number of rotatable bonds is 6. The highest BCUT2D eigenvalue weighted by Crippen LogP contribution is 2.21. The molecular formula is C12H14BrClFNO2. The van der Waals surface area contributed by atoms with E-state index in [-0.39, 0.29) is 16.5 Å². The second-order valence-electron chi connectivity index (χ2n) is 3.58. The van der Waals surface area contributed by atoms with Crippen molar-refractivity contribution in [2.75, 3.05) is 32.1 Å². The van der Waals surface area contributed by atoms with Crippen molar-refractivity contribution in [1.29, 1.82) is 0 Å². The van der Waals surface area contributed by atoms with Gasteiger partial charge in [-0.3, -0.25) is 4.79 Å². The summed E-state index contributed by atoms with van der Waals surface area (Å²) in [4.78, 5) is 13.8. The van der Waals surface area contributed by atoms with Crippen LogP contribution < -0.4 is 0 Å². The normalized spacial score (nSPS) is 10.4. The van der Waals surface area contributed by atoms with Gasteiger partial charge in [-0.15, -0.1) is 0 Å². The van der Waals surface area contributed by atoms with Crippen LogP contribution in [0.5, 0.6) is 0 Å². The highest BCUT2D eigenvalue weighted by atomic mass is 79.9. The molecule has 0 fully saturated rings. The summed E-state index contributed by atoms with van der Waals surface area (Å²) in [5.74, 6) is -0.885. The zero-order chi connectivity index (χ0) is 13.5. The molecule has 0 heterocycles. The number of hydrogen-bond acceptors (Lipinski definition) is 2. The molecule has 0 aliphatic rings. The SMILES string of the molecule is COCCN(CCBr)C(=O)c1cccc(F)c1Cl. The molecule has 0 aliphatic carbocycles. The third-order valence-corrected chi connectivity index (χ3v) is 3.13. The number of carbonyl (C=O) groups is 1. The summed E-state index contributed by atoms with van der Waals surface area (Å²) < 4.78 is 18.2. The van der Waals surface area contributed by atoms with Crippen LogP contribution in [0.15, 0.2) is 18.2 Å². The lowest BCUT2D eigenvalue weighted by Crippen LogP contribution is -2.35. The van der Waals surface area contributed by atoms with Crippen molar-refractivity contribution in [2.45, 2.75) is 0 Å². The molecule has 100 valence electrons. The monoisotopic (exact) mass is 337 g/mol. The summed E-state index contributed by atoms with van der Waals surface area (Å²) in [6.07, 6.45) is 0. The summed E-state index contributed by atoms with van der Waals surface area (Å²) in [6.45, 7) is 1.37. The largest absolute Gasteiger partial charge is 0.383 e. The van der Waals surface area contributed by atoms with E-state index in [1.54, 1.807) is 12.0 Å². The van der Waals surface area contributed by atoms with Gasteiger partial charge in [-0.25, -0.2) is 4.39 Å². The van der Waals surface area contributed by atoms with Crippen LogP contribution in [-0.2, 0) is 4.74 Å². The first kappa shape index (κ1) is 15.4. The molecule has 0 bridgehead atoms. The minimum Gasteiger partial charge on any atom is -0.383 e. The standard InChI is InChI=1S/C12H14BrClFNO2/c1-18-8-7-16(6-5-13)12(17)9-3-2-4-10(15)11(9)14/h2-4H,5-8H2,1H3. The average molecular weight is 339 g/mol. The number of ether oxygens (including phenoxy) is 1. The zero-order valence-corrected chi connectivity index (χ0v) is 12.3. The zero-order valence-electron chi connectivity index (χ0n) is 9.96. The fourth-order valence-electron chi connectivity index (χ4n) is 1.46. The van der Waals surface area contributed by atoms with E-state index in [0.29, 0.717) is 25.0 Å². The Bertz CT molecular complexity index is 417. The van der Waals surface area contributed by atoms with Gasteiger partial charge in [0, 0.05) is 25.5 Å². The van der Waals surface area contributed by atoms with Gasteiger partial charge in [-0.2, -0.15) is 0 Å². The number of nitrogens with zero attached hydrogens (tertiary/aromatic N) is 1. The number of hydrogen-bond donors (Lipinski definition) is 0. The summed E-state index contributed by atoms with van der Waals surface area (Å²) in [6, 6.07) is 4.21. The number of carbonyl (C=O) groups excluding carboxylic acids is 1. The third-order valence-electron chi connectivity index (χ3n) is 2.39. The Morgan fingerprint density at radius 3 is 2.83 bits per heavy atom. The van der Waals surface area contributed by atoms with Crippen molar-refractivity contribution in [3.05, 3.63) is 34.6 Å². The fourth-order valence-corrected chi connectivity index (χ4v) is 2.09. The second kappa shape index (κ2) is 7.71. The number of amides is 1. The molecule has 1 amide bonds. The van der Waals surface area contributed by atoms with Gasteiger partial charge in [0.2, 0.25) is 0 Å². The smallest absolute Gasteiger partial charge is 0.255 e. The van der Waals surface area contributed by atoms with Crippen molar-refractivity contribution >= 4 is 33.4 Å². The van der Waals surface area contributed by atoms with Crippen LogP contribution in [0.1, 0.15) is 10.4 Å². The topological polar surface area (TPSA) is 29.5 Å². The minimum absolute atomic E-state index is 0.139. The first-order valence-corrected chi connectivity index (χ1v) is 6.90. The molecule has 0 aromatic heterocycles. The number of alkyl halides is 1. The first-order valence-electron chi connectivity index (χ1n) is 5.40. The van der Waals surface area contributed by atoms with E-state index in [1.807, 2.05) is 0 Å². The summed E-state index contributed by atoms with van der Waals surface area (Å²) in [7, 11) is 1.56. The molecule has 18 heavy (non-hydrogen) atoms. The molecule has 3 nitrogen and oxygen atoms in total. The molecule has 0 saturated carbocycles. The van der Waals surface area contributed by atoms with Gasteiger partial charge in [0.1, 0.15) is 5.82 Å². The Labute approximate surface area is 119 Å². The minimum atomic E-state index is -0.590.